The van der Waals surface area contributed by atoms with Gasteiger partial charge in [-0.2, -0.15) is 0 Å². The Morgan fingerprint density at radius 2 is 1.95 bits per heavy atom. The molecule has 1 aliphatic carbocycles. The van der Waals surface area contributed by atoms with Gasteiger partial charge in [-0.3, -0.25) is 4.79 Å². The molecule has 1 heterocycles. The van der Waals surface area contributed by atoms with Crippen LogP contribution < -0.4 is 0 Å². The van der Waals surface area contributed by atoms with Crippen LogP contribution >= 0.6 is 11.8 Å². The highest BCUT2D eigenvalue weighted by molar-refractivity contribution is 7.99. The maximum Gasteiger partial charge on any atom is 0.226 e. The van der Waals surface area contributed by atoms with Crippen molar-refractivity contribution >= 4 is 17.7 Å². The van der Waals surface area contributed by atoms with E-state index < -0.39 is 11.6 Å². The van der Waals surface area contributed by atoms with E-state index in [-0.39, 0.29) is 17.2 Å². The molecule has 114 valence electrons. The van der Waals surface area contributed by atoms with Gasteiger partial charge in [-0.1, -0.05) is 25.3 Å². The minimum atomic E-state index is -0.579. The van der Waals surface area contributed by atoms with E-state index in [9.17, 15) is 13.6 Å². The van der Waals surface area contributed by atoms with Gasteiger partial charge in [-0.15, -0.1) is 11.8 Å². The van der Waals surface area contributed by atoms with E-state index in [1.54, 1.807) is 16.7 Å². The van der Waals surface area contributed by atoms with Crippen LogP contribution in [0.4, 0.5) is 8.78 Å². The number of hydrogen-bond donors (Lipinski definition) is 0. The zero-order valence-corrected chi connectivity index (χ0v) is 12.7. The summed E-state index contributed by atoms with van der Waals surface area (Å²) in [4.78, 5) is 14.5. The number of carbonyl (C=O) groups excluding carboxylic acids is 1. The standard InChI is InChI=1S/C16H19F2NOS/c17-12-6-7-13(14(18)10-12)16-19(8-9-21-16)15(20)11-4-2-1-3-5-11/h6-7,10-11,16H,1-5,8-9H2. The monoisotopic (exact) mass is 311 g/mol. The van der Waals surface area contributed by atoms with Crippen LogP contribution in [0.3, 0.4) is 0 Å². The molecule has 1 unspecified atom stereocenters. The van der Waals surface area contributed by atoms with Crippen molar-refractivity contribution in [3.8, 4) is 0 Å². The minimum Gasteiger partial charge on any atom is -0.325 e. The first kappa shape index (κ1) is 14.8. The van der Waals surface area contributed by atoms with Crippen LogP contribution in [-0.4, -0.2) is 23.1 Å². The topological polar surface area (TPSA) is 20.3 Å². The number of amides is 1. The van der Waals surface area contributed by atoms with E-state index in [1.807, 2.05) is 0 Å². The second-order valence-electron chi connectivity index (χ2n) is 5.76. The van der Waals surface area contributed by atoms with Gasteiger partial charge in [0.15, 0.2) is 0 Å². The number of hydrogen-bond acceptors (Lipinski definition) is 2. The summed E-state index contributed by atoms with van der Waals surface area (Å²) in [6.07, 6.45) is 5.30. The number of nitrogens with zero attached hydrogens (tertiary/aromatic N) is 1. The summed E-state index contributed by atoms with van der Waals surface area (Å²) in [6.45, 7) is 0.654. The predicted octanol–water partition coefficient (Wildman–Crippen LogP) is 4.12. The van der Waals surface area contributed by atoms with Crippen molar-refractivity contribution in [2.75, 3.05) is 12.3 Å². The van der Waals surface area contributed by atoms with Crippen molar-refractivity contribution in [2.24, 2.45) is 5.92 Å². The fourth-order valence-corrected chi connectivity index (χ4v) is 4.52. The Kier molecular flexibility index (Phi) is 4.48. The highest BCUT2D eigenvalue weighted by atomic mass is 32.2. The highest BCUT2D eigenvalue weighted by Crippen LogP contribution is 2.41. The molecule has 0 aromatic heterocycles. The third-order valence-electron chi connectivity index (χ3n) is 4.36. The van der Waals surface area contributed by atoms with E-state index in [0.29, 0.717) is 12.1 Å². The highest BCUT2D eigenvalue weighted by Gasteiger charge is 2.36. The lowest BCUT2D eigenvalue weighted by molar-refractivity contribution is -0.136. The van der Waals surface area contributed by atoms with Gasteiger partial charge in [-0.25, -0.2) is 8.78 Å². The fraction of sp³-hybridized carbons (Fsp3) is 0.562. The zero-order valence-electron chi connectivity index (χ0n) is 11.9. The summed E-state index contributed by atoms with van der Waals surface area (Å²) in [5, 5.41) is -0.306. The molecular weight excluding hydrogens is 292 g/mol. The Morgan fingerprint density at radius 3 is 2.67 bits per heavy atom. The molecule has 2 aliphatic rings. The number of carbonyl (C=O) groups is 1. The first-order valence-electron chi connectivity index (χ1n) is 7.54. The SMILES string of the molecule is O=C(C1CCCCC1)N1CCSC1c1ccc(F)cc1F. The molecule has 21 heavy (non-hydrogen) atoms. The van der Waals surface area contributed by atoms with E-state index in [2.05, 4.69) is 0 Å². The van der Waals surface area contributed by atoms with Crippen molar-refractivity contribution in [1.82, 2.24) is 4.90 Å². The van der Waals surface area contributed by atoms with Crippen LogP contribution in [0.25, 0.3) is 0 Å². The molecule has 2 nitrogen and oxygen atoms in total. The zero-order chi connectivity index (χ0) is 14.8. The molecule has 0 bridgehead atoms. The van der Waals surface area contributed by atoms with Crippen LogP contribution in [0, 0.1) is 17.6 Å². The normalized spacial score (nSPS) is 23.5. The molecule has 1 saturated heterocycles. The van der Waals surface area contributed by atoms with Crippen molar-refractivity contribution in [3.05, 3.63) is 35.4 Å². The summed E-state index contributed by atoms with van der Waals surface area (Å²) in [7, 11) is 0. The second-order valence-corrected chi connectivity index (χ2v) is 6.94. The molecule has 1 saturated carbocycles. The van der Waals surface area contributed by atoms with Crippen LogP contribution in [0.2, 0.25) is 0 Å². The lowest BCUT2D eigenvalue weighted by Gasteiger charge is -2.30. The third-order valence-corrected chi connectivity index (χ3v) is 5.60. The third kappa shape index (κ3) is 3.07. The number of rotatable bonds is 2. The van der Waals surface area contributed by atoms with Gasteiger partial charge in [-0.05, 0) is 18.9 Å². The molecule has 1 aliphatic heterocycles. The summed E-state index contributed by atoms with van der Waals surface area (Å²) >= 11 is 1.56. The van der Waals surface area contributed by atoms with Gasteiger partial charge in [0.05, 0.1) is 0 Å². The largest absolute Gasteiger partial charge is 0.325 e. The molecule has 5 heteroatoms. The number of thioether (sulfide) groups is 1. The number of halogens is 2. The summed E-state index contributed by atoms with van der Waals surface area (Å²) in [5.41, 5.74) is 0.419. The number of benzene rings is 1. The van der Waals surface area contributed by atoms with Gasteiger partial charge in [0.2, 0.25) is 5.91 Å². The smallest absolute Gasteiger partial charge is 0.226 e. The Balaban J connectivity index is 1.80. The van der Waals surface area contributed by atoms with Crippen molar-refractivity contribution < 1.29 is 13.6 Å². The lowest BCUT2D eigenvalue weighted by Crippen LogP contribution is -2.36. The van der Waals surface area contributed by atoms with Crippen LogP contribution in [0.5, 0.6) is 0 Å². The summed E-state index contributed by atoms with van der Waals surface area (Å²) < 4.78 is 27.0. The predicted molar refractivity (Wildman–Crippen MR) is 79.8 cm³/mol. The first-order chi connectivity index (χ1) is 10.2. The average Bonchev–Trinajstić information content (AvgIpc) is 2.96. The Bertz CT molecular complexity index is 531. The quantitative estimate of drug-likeness (QED) is 0.819. The van der Waals surface area contributed by atoms with E-state index in [0.717, 1.165) is 37.5 Å². The summed E-state index contributed by atoms with van der Waals surface area (Å²) in [6, 6.07) is 3.63. The second kappa shape index (κ2) is 6.34. The fourth-order valence-electron chi connectivity index (χ4n) is 3.24. The van der Waals surface area contributed by atoms with Crippen LogP contribution in [0.1, 0.15) is 43.0 Å². The maximum absolute atomic E-state index is 14.0. The van der Waals surface area contributed by atoms with Crippen LogP contribution in [-0.2, 0) is 4.79 Å². The van der Waals surface area contributed by atoms with Gasteiger partial charge in [0.25, 0.3) is 0 Å². The molecule has 0 spiro atoms. The molecule has 0 radical (unpaired) electrons. The van der Waals surface area contributed by atoms with Crippen molar-refractivity contribution in [1.29, 1.82) is 0 Å². The van der Waals surface area contributed by atoms with Crippen molar-refractivity contribution in [2.45, 2.75) is 37.5 Å². The van der Waals surface area contributed by atoms with Gasteiger partial charge >= 0.3 is 0 Å². The van der Waals surface area contributed by atoms with E-state index >= 15 is 0 Å². The Morgan fingerprint density at radius 1 is 1.19 bits per heavy atom. The van der Waals surface area contributed by atoms with Gasteiger partial charge in [0, 0.05) is 29.8 Å². The molecule has 3 rings (SSSR count). The molecule has 1 atom stereocenters. The Hall–Kier alpha value is -1.10. The maximum atomic E-state index is 14.0. The minimum absolute atomic E-state index is 0.0865. The van der Waals surface area contributed by atoms with E-state index in [4.69, 9.17) is 0 Å². The molecule has 1 amide bonds. The molecule has 0 N–H and O–H groups in total. The summed E-state index contributed by atoms with van der Waals surface area (Å²) in [5.74, 6) is -0.0999. The van der Waals surface area contributed by atoms with E-state index in [1.165, 1.54) is 18.6 Å². The Labute approximate surface area is 127 Å². The van der Waals surface area contributed by atoms with Crippen molar-refractivity contribution in [3.63, 3.8) is 0 Å². The average molecular weight is 311 g/mol. The molecule has 1 aromatic rings. The lowest BCUT2D eigenvalue weighted by atomic mass is 9.88. The van der Waals surface area contributed by atoms with Gasteiger partial charge in [0.1, 0.15) is 17.0 Å². The molecule has 2 fully saturated rings. The molecule has 1 aromatic carbocycles. The van der Waals surface area contributed by atoms with Crippen LogP contribution in [0.15, 0.2) is 18.2 Å². The molecular formula is C16H19F2NOS. The first-order valence-corrected chi connectivity index (χ1v) is 8.59. The van der Waals surface area contributed by atoms with Gasteiger partial charge < -0.3 is 4.90 Å².